The molecule has 2 aliphatic heterocycles. The highest BCUT2D eigenvalue weighted by Crippen LogP contribution is 2.36. The summed E-state index contributed by atoms with van der Waals surface area (Å²) in [6.45, 7) is 3.13. The molecule has 1 N–H and O–H groups in total. The Labute approximate surface area is 141 Å². The number of amides is 1. The third-order valence-electron chi connectivity index (χ3n) is 4.98. The van der Waals surface area contributed by atoms with Gasteiger partial charge in [0.2, 0.25) is 0 Å². The Morgan fingerprint density at radius 1 is 1.33 bits per heavy atom. The second kappa shape index (κ2) is 6.28. The molecule has 0 unspecified atom stereocenters. The fourth-order valence-electron chi connectivity index (χ4n) is 3.75. The monoisotopic (exact) mass is 326 g/mol. The quantitative estimate of drug-likeness (QED) is 0.933. The first-order chi connectivity index (χ1) is 11.7. The summed E-state index contributed by atoms with van der Waals surface area (Å²) in [6.07, 6.45) is 2.91. The molecule has 1 amide bonds. The van der Waals surface area contributed by atoms with E-state index < -0.39 is 0 Å². The van der Waals surface area contributed by atoms with Gasteiger partial charge in [0.05, 0.1) is 11.3 Å². The number of rotatable bonds is 3. The Hall–Kier alpha value is -2.34. The van der Waals surface area contributed by atoms with Crippen molar-refractivity contribution in [2.45, 2.75) is 12.5 Å². The second-order valence-corrected chi connectivity index (χ2v) is 6.44. The first-order valence-electron chi connectivity index (χ1n) is 8.46. The van der Waals surface area contributed by atoms with Crippen molar-refractivity contribution in [1.82, 2.24) is 15.1 Å². The standard InChI is InChI=1S/C18H22N4O2/c1-21-16(6-8-20-21)17-13(7-11-24-17)12-22-10-9-19-18(23)14-4-2-3-5-15(14)22/h2-6,8,13,17H,7,9-12H2,1H3,(H,19,23)/t13-,17+/m0/s1. The maximum atomic E-state index is 12.2. The van der Waals surface area contributed by atoms with Crippen LogP contribution in [0.15, 0.2) is 36.5 Å². The highest BCUT2D eigenvalue weighted by molar-refractivity contribution is 6.00. The van der Waals surface area contributed by atoms with Crippen LogP contribution in [0, 0.1) is 5.92 Å². The zero-order valence-corrected chi connectivity index (χ0v) is 13.8. The van der Waals surface area contributed by atoms with Gasteiger partial charge in [-0.25, -0.2) is 0 Å². The number of fused-ring (bicyclic) bond motifs is 1. The van der Waals surface area contributed by atoms with E-state index in [-0.39, 0.29) is 12.0 Å². The van der Waals surface area contributed by atoms with E-state index in [1.165, 1.54) is 0 Å². The minimum atomic E-state index is 0.0129. The lowest BCUT2D eigenvalue weighted by Gasteiger charge is -2.29. The number of nitrogens with zero attached hydrogens (tertiary/aromatic N) is 3. The number of ether oxygens (including phenoxy) is 1. The third kappa shape index (κ3) is 2.67. The van der Waals surface area contributed by atoms with Crippen LogP contribution in [0.1, 0.15) is 28.6 Å². The molecule has 0 bridgehead atoms. The van der Waals surface area contributed by atoms with Gasteiger partial charge in [-0.15, -0.1) is 0 Å². The van der Waals surface area contributed by atoms with Crippen LogP contribution in [-0.4, -0.2) is 41.9 Å². The Balaban J connectivity index is 1.59. The summed E-state index contributed by atoms with van der Waals surface area (Å²) in [7, 11) is 1.96. The summed E-state index contributed by atoms with van der Waals surface area (Å²) in [5, 5.41) is 7.25. The molecule has 1 aromatic heterocycles. The van der Waals surface area contributed by atoms with Crippen molar-refractivity contribution in [2.24, 2.45) is 13.0 Å². The molecule has 6 nitrogen and oxygen atoms in total. The molecule has 2 aromatic rings. The lowest BCUT2D eigenvalue weighted by molar-refractivity contribution is 0.0853. The van der Waals surface area contributed by atoms with Crippen LogP contribution in [0.5, 0.6) is 0 Å². The molecule has 0 radical (unpaired) electrons. The van der Waals surface area contributed by atoms with Crippen LogP contribution in [-0.2, 0) is 11.8 Å². The van der Waals surface area contributed by atoms with Crippen molar-refractivity contribution in [3.63, 3.8) is 0 Å². The van der Waals surface area contributed by atoms with Gasteiger partial charge in [-0.1, -0.05) is 12.1 Å². The zero-order chi connectivity index (χ0) is 16.5. The number of aromatic nitrogens is 2. The molecule has 1 saturated heterocycles. The number of hydrogen-bond donors (Lipinski definition) is 1. The SMILES string of the molecule is Cn1nccc1[C@@H]1OCC[C@H]1CN1CCNC(=O)c2ccccc21. The normalized spacial score (nSPS) is 23.7. The minimum absolute atomic E-state index is 0.0129. The summed E-state index contributed by atoms with van der Waals surface area (Å²) < 4.78 is 7.90. The van der Waals surface area contributed by atoms with Gasteiger partial charge in [0.1, 0.15) is 6.10 Å². The van der Waals surface area contributed by atoms with E-state index in [0.717, 1.165) is 43.1 Å². The van der Waals surface area contributed by atoms with Crippen LogP contribution in [0.3, 0.4) is 0 Å². The molecule has 4 rings (SSSR count). The lowest BCUT2D eigenvalue weighted by Crippen LogP contribution is -2.35. The summed E-state index contributed by atoms with van der Waals surface area (Å²) in [4.78, 5) is 14.5. The van der Waals surface area contributed by atoms with E-state index in [9.17, 15) is 4.79 Å². The van der Waals surface area contributed by atoms with Gasteiger partial charge in [-0.2, -0.15) is 5.10 Å². The van der Waals surface area contributed by atoms with E-state index in [2.05, 4.69) is 15.3 Å². The molecular formula is C18H22N4O2. The number of para-hydroxylation sites is 1. The predicted molar refractivity (Wildman–Crippen MR) is 91.0 cm³/mol. The van der Waals surface area contributed by atoms with Gasteiger partial charge < -0.3 is 15.0 Å². The van der Waals surface area contributed by atoms with Gasteiger partial charge in [-0.05, 0) is 24.6 Å². The highest BCUT2D eigenvalue weighted by atomic mass is 16.5. The maximum absolute atomic E-state index is 12.2. The molecule has 1 aromatic carbocycles. The van der Waals surface area contributed by atoms with Crippen molar-refractivity contribution < 1.29 is 9.53 Å². The van der Waals surface area contributed by atoms with E-state index in [1.807, 2.05) is 48.3 Å². The smallest absolute Gasteiger partial charge is 0.253 e. The van der Waals surface area contributed by atoms with E-state index in [1.54, 1.807) is 0 Å². The topological polar surface area (TPSA) is 59.4 Å². The number of nitrogens with one attached hydrogen (secondary N) is 1. The maximum Gasteiger partial charge on any atom is 0.253 e. The average molecular weight is 326 g/mol. The van der Waals surface area contributed by atoms with Crippen molar-refractivity contribution in [3.8, 4) is 0 Å². The zero-order valence-electron chi connectivity index (χ0n) is 13.8. The molecule has 24 heavy (non-hydrogen) atoms. The molecular weight excluding hydrogens is 304 g/mol. The molecule has 1 fully saturated rings. The molecule has 6 heteroatoms. The highest BCUT2D eigenvalue weighted by Gasteiger charge is 2.34. The summed E-state index contributed by atoms with van der Waals surface area (Å²) in [5.74, 6) is 0.403. The Morgan fingerprint density at radius 3 is 3.04 bits per heavy atom. The van der Waals surface area contributed by atoms with E-state index in [4.69, 9.17) is 4.74 Å². The third-order valence-corrected chi connectivity index (χ3v) is 4.98. The van der Waals surface area contributed by atoms with Crippen molar-refractivity contribution in [3.05, 3.63) is 47.8 Å². The van der Waals surface area contributed by atoms with Crippen molar-refractivity contribution >= 4 is 11.6 Å². The lowest BCUT2D eigenvalue weighted by atomic mass is 9.97. The first kappa shape index (κ1) is 15.2. The predicted octanol–water partition coefficient (Wildman–Crippen LogP) is 1.75. The fourth-order valence-corrected chi connectivity index (χ4v) is 3.75. The summed E-state index contributed by atoms with van der Waals surface area (Å²) in [6, 6.07) is 9.87. The Kier molecular flexibility index (Phi) is 3.98. The Morgan fingerprint density at radius 2 is 2.21 bits per heavy atom. The molecule has 0 spiro atoms. The molecule has 0 aliphatic carbocycles. The summed E-state index contributed by atoms with van der Waals surface area (Å²) in [5.41, 5.74) is 2.89. The van der Waals surface area contributed by atoms with Crippen LogP contribution < -0.4 is 10.2 Å². The second-order valence-electron chi connectivity index (χ2n) is 6.44. The van der Waals surface area contributed by atoms with Crippen LogP contribution in [0.2, 0.25) is 0 Å². The fraction of sp³-hybridized carbons (Fsp3) is 0.444. The average Bonchev–Trinajstić information content (AvgIpc) is 3.18. The van der Waals surface area contributed by atoms with Crippen LogP contribution in [0.4, 0.5) is 5.69 Å². The number of carbonyl (C=O) groups is 1. The molecule has 0 saturated carbocycles. The van der Waals surface area contributed by atoms with Crippen molar-refractivity contribution in [1.29, 1.82) is 0 Å². The largest absolute Gasteiger partial charge is 0.372 e. The summed E-state index contributed by atoms with van der Waals surface area (Å²) >= 11 is 0. The first-order valence-corrected chi connectivity index (χ1v) is 8.46. The van der Waals surface area contributed by atoms with Gasteiger partial charge in [0.25, 0.3) is 5.91 Å². The molecule has 2 atom stereocenters. The van der Waals surface area contributed by atoms with Gasteiger partial charge in [0, 0.05) is 51.1 Å². The number of aryl methyl sites for hydroxylation is 1. The van der Waals surface area contributed by atoms with Crippen LogP contribution >= 0.6 is 0 Å². The number of carbonyl (C=O) groups excluding carboxylic acids is 1. The van der Waals surface area contributed by atoms with E-state index >= 15 is 0 Å². The van der Waals surface area contributed by atoms with Gasteiger partial charge in [0.15, 0.2) is 0 Å². The van der Waals surface area contributed by atoms with Gasteiger partial charge in [-0.3, -0.25) is 9.48 Å². The van der Waals surface area contributed by atoms with Crippen molar-refractivity contribution in [2.75, 3.05) is 31.1 Å². The molecule has 126 valence electrons. The van der Waals surface area contributed by atoms with E-state index in [0.29, 0.717) is 12.5 Å². The minimum Gasteiger partial charge on any atom is -0.372 e. The van der Waals surface area contributed by atoms with Crippen LogP contribution in [0.25, 0.3) is 0 Å². The number of hydrogen-bond acceptors (Lipinski definition) is 4. The number of anilines is 1. The molecule has 3 heterocycles. The van der Waals surface area contributed by atoms with Gasteiger partial charge >= 0.3 is 0 Å². The Bertz CT molecular complexity index is 742. The molecule has 2 aliphatic rings. The number of benzene rings is 1.